The maximum Gasteiger partial charge on any atom is 0.388 e. The molecular weight excluding hydrogens is 282 g/mol. The van der Waals surface area contributed by atoms with E-state index in [4.69, 9.17) is 9.94 Å². The van der Waals surface area contributed by atoms with Crippen LogP contribution in [-0.4, -0.2) is 54.3 Å². The number of ether oxygens (including phenoxy) is 1. The van der Waals surface area contributed by atoms with Crippen LogP contribution in [0, 0.1) is 6.07 Å². The smallest absolute Gasteiger partial charge is 0.388 e. The third-order valence-corrected chi connectivity index (χ3v) is 3.72. The molecule has 0 atom stereocenters. The van der Waals surface area contributed by atoms with Crippen LogP contribution in [-0.2, 0) is 6.42 Å². The van der Waals surface area contributed by atoms with Crippen molar-refractivity contribution in [3.63, 3.8) is 0 Å². The molecule has 118 valence electrons. The van der Waals surface area contributed by atoms with Crippen molar-refractivity contribution in [3.05, 3.63) is 34.3 Å². The first-order valence-electron chi connectivity index (χ1n) is 7.51. The molecule has 1 aromatic rings. The summed E-state index contributed by atoms with van der Waals surface area (Å²) < 4.78 is 5.63. The summed E-state index contributed by atoms with van der Waals surface area (Å²) in [5.74, 6) is 0.779. The molecule has 0 spiro atoms. The van der Waals surface area contributed by atoms with Gasteiger partial charge >= 0.3 is 12.1 Å². The molecule has 1 N–H and O–H groups in total. The molecule has 0 aliphatic carbocycles. The van der Waals surface area contributed by atoms with E-state index in [1.807, 2.05) is 37.1 Å². The predicted molar refractivity (Wildman–Crippen MR) is 83.7 cm³/mol. The second kappa shape index (κ2) is 7.55. The predicted octanol–water partition coefficient (Wildman–Crippen LogP) is 2.46. The van der Waals surface area contributed by atoms with Crippen molar-refractivity contribution in [1.29, 1.82) is 0 Å². The fraction of sp³-hybridized carbons (Fsp3) is 0.500. The molecule has 1 saturated heterocycles. The van der Waals surface area contributed by atoms with Crippen molar-refractivity contribution in [2.45, 2.75) is 19.8 Å². The first-order valence-corrected chi connectivity index (χ1v) is 7.51. The first-order chi connectivity index (χ1) is 10.7. The van der Waals surface area contributed by atoms with Crippen molar-refractivity contribution < 1.29 is 14.7 Å². The summed E-state index contributed by atoms with van der Waals surface area (Å²) in [5.41, 5.74) is 1.76. The van der Waals surface area contributed by atoms with Gasteiger partial charge in [-0.25, -0.2) is 4.79 Å². The van der Waals surface area contributed by atoms with Gasteiger partial charge in [0.15, 0.2) is 0 Å². The second-order valence-corrected chi connectivity index (χ2v) is 5.26. The molecule has 6 heteroatoms. The average molecular weight is 304 g/mol. The molecule has 0 bridgehead atoms. The van der Waals surface area contributed by atoms with E-state index < -0.39 is 0 Å². The number of likely N-dealkylation sites (N-methyl/N-ethyl adjacent to an activating group) is 1. The highest BCUT2D eigenvalue weighted by molar-refractivity contribution is 5.76. The normalized spacial score (nSPS) is 14.0. The van der Waals surface area contributed by atoms with E-state index in [9.17, 15) is 4.79 Å². The quantitative estimate of drug-likeness (QED) is 0.821. The van der Waals surface area contributed by atoms with E-state index in [0.717, 1.165) is 43.8 Å². The molecule has 2 rings (SSSR count). The second-order valence-electron chi connectivity index (χ2n) is 5.26. The lowest BCUT2D eigenvalue weighted by molar-refractivity contribution is 0.198. The molecule has 22 heavy (non-hydrogen) atoms. The Morgan fingerprint density at radius 2 is 2.23 bits per heavy atom. The van der Waals surface area contributed by atoms with Gasteiger partial charge in [0.25, 0.3) is 0 Å². The number of aryl methyl sites for hydroxylation is 1. The molecule has 1 aromatic carbocycles. The summed E-state index contributed by atoms with van der Waals surface area (Å²) in [6.45, 7) is 4.85. The molecule has 0 saturated carbocycles. The molecule has 6 nitrogen and oxygen atoms in total. The molecule has 1 aliphatic heterocycles. The van der Waals surface area contributed by atoms with Crippen molar-refractivity contribution in [1.82, 2.24) is 9.80 Å². The minimum atomic E-state index is 0.106. The summed E-state index contributed by atoms with van der Waals surface area (Å²) in [6, 6.07) is 8.20. The summed E-state index contributed by atoms with van der Waals surface area (Å²) in [6.07, 6.45) is 1.72. The Labute approximate surface area is 130 Å². The van der Waals surface area contributed by atoms with Crippen LogP contribution in [0.4, 0.5) is 4.79 Å². The highest BCUT2D eigenvalue weighted by Gasteiger charge is 2.24. The fourth-order valence-corrected chi connectivity index (χ4v) is 2.55. The van der Waals surface area contributed by atoms with Gasteiger partial charge in [-0.05, 0) is 31.4 Å². The molecule has 0 radical (unpaired) electrons. The van der Waals surface area contributed by atoms with Gasteiger partial charge in [-0.15, -0.1) is 0 Å². The van der Waals surface area contributed by atoms with E-state index in [2.05, 4.69) is 11.1 Å². The molecular formula is C16H22N3O3+. The number of carbonyl (C=O) groups excluding carboxylic acids is 1. The first kappa shape index (κ1) is 16.0. The number of urea groups is 1. The Morgan fingerprint density at radius 3 is 2.86 bits per heavy atom. The number of carbonyl (C=O) groups is 1. The van der Waals surface area contributed by atoms with Gasteiger partial charge in [0, 0.05) is 32.7 Å². The maximum atomic E-state index is 11.8. The number of hydrogen-bond donors (Lipinski definition) is 1. The molecule has 1 aliphatic rings. The summed E-state index contributed by atoms with van der Waals surface area (Å²) in [7, 11) is 1.83. The van der Waals surface area contributed by atoms with Crippen LogP contribution >= 0.6 is 0 Å². The Morgan fingerprint density at radius 1 is 1.41 bits per heavy atom. The highest BCUT2D eigenvalue weighted by atomic mass is 16.5. The molecule has 0 unspecified atom stereocenters. The van der Waals surface area contributed by atoms with Crippen LogP contribution in [0.2, 0.25) is 0 Å². The van der Waals surface area contributed by atoms with Crippen LogP contribution in [0.15, 0.2) is 18.2 Å². The van der Waals surface area contributed by atoms with Gasteiger partial charge in [0.05, 0.1) is 6.61 Å². The molecule has 2 amide bonds. The fourth-order valence-electron chi connectivity index (χ4n) is 2.55. The lowest BCUT2D eigenvalue weighted by Gasteiger charge is -2.16. The number of nitrogens with zero attached hydrogens (tertiary/aromatic N) is 3. The number of hydrogen-bond acceptors (Lipinski definition) is 3. The van der Waals surface area contributed by atoms with E-state index in [1.165, 1.54) is 0 Å². The van der Waals surface area contributed by atoms with Crippen LogP contribution in [0.1, 0.15) is 24.5 Å². The lowest BCUT2D eigenvalue weighted by Crippen LogP contribution is -2.30. The van der Waals surface area contributed by atoms with Crippen molar-refractivity contribution in [2.24, 2.45) is 0 Å². The number of rotatable bonds is 6. The van der Waals surface area contributed by atoms with Crippen molar-refractivity contribution in [3.8, 4) is 11.8 Å². The van der Waals surface area contributed by atoms with Gasteiger partial charge in [-0.2, -0.15) is 5.21 Å². The van der Waals surface area contributed by atoms with Crippen LogP contribution in [0.5, 0.6) is 5.75 Å². The zero-order valence-electron chi connectivity index (χ0n) is 13.1. The van der Waals surface area contributed by atoms with Crippen molar-refractivity contribution >= 4 is 6.03 Å². The Kier molecular flexibility index (Phi) is 5.48. The topological polar surface area (TPSA) is 57.4 Å². The number of benzene rings is 1. The lowest BCUT2D eigenvalue weighted by atomic mass is 10.1. The molecule has 1 fully saturated rings. The Hall–Kier alpha value is -2.42. The van der Waals surface area contributed by atoms with E-state index >= 15 is 0 Å². The minimum Gasteiger partial charge on any atom is -0.494 e. The van der Waals surface area contributed by atoms with Gasteiger partial charge in [0.1, 0.15) is 11.3 Å². The Bertz CT molecular complexity index is 592. The van der Waals surface area contributed by atoms with Gasteiger partial charge in [-0.3, -0.25) is 0 Å². The highest BCUT2D eigenvalue weighted by Crippen LogP contribution is 2.22. The van der Waals surface area contributed by atoms with Gasteiger partial charge < -0.3 is 14.5 Å². The maximum absolute atomic E-state index is 11.8. The standard InChI is InChI=1S/C16H21N3O3/c1-3-22-15-11-13(12-17-21)6-7-14(15)5-4-8-19-10-9-18(2)16(19)20/h6-7,11H,3-5,8-10H2,1-2H3/p+1. The minimum absolute atomic E-state index is 0.106. The van der Waals surface area contributed by atoms with E-state index in [1.54, 1.807) is 4.90 Å². The average Bonchev–Trinajstić information content (AvgIpc) is 2.82. The van der Waals surface area contributed by atoms with Gasteiger partial charge in [-0.1, -0.05) is 6.07 Å². The molecule has 1 heterocycles. The SMILES string of the molecule is CCOc1cc(C#[N+]O)ccc1CCCN1CCN(C)C1=O. The van der Waals surface area contributed by atoms with Crippen LogP contribution in [0.3, 0.4) is 0 Å². The summed E-state index contributed by atoms with van der Waals surface area (Å²) >= 11 is 0. The zero-order chi connectivity index (χ0) is 15.9. The zero-order valence-corrected chi connectivity index (χ0v) is 13.1. The summed E-state index contributed by atoms with van der Waals surface area (Å²) in [4.78, 5) is 15.4. The van der Waals surface area contributed by atoms with Crippen LogP contribution in [0.25, 0.3) is 5.01 Å². The van der Waals surface area contributed by atoms with Crippen LogP contribution < -0.4 is 4.74 Å². The van der Waals surface area contributed by atoms with E-state index in [-0.39, 0.29) is 6.03 Å². The largest absolute Gasteiger partial charge is 0.494 e. The summed E-state index contributed by atoms with van der Waals surface area (Å²) in [5, 5.41) is 11.5. The molecule has 0 aromatic heterocycles. The van der Waals surface area contributed by atoms with Gasteiger partial charge in [0.2, 0.25) is 5.01 Å². The third kappa shape index (κ3) is 3.82. The number of amides is 2. The van der Waals surface area contributed by atoms with Crippen molar-refractivity contribution in [2.75, 3.05) is 33.3 Å². The Balaban J connectivity index is 1.96. The third-order valence-electron chi connectivity index (χ3n) is 3.72. The monoisotopic (exact) mass is 304 g/mol. The van der Waals surface area contributed by atoms with E-state index in [0.29, 0.717) is 12.2 Å².